The van der Waals surface area contributed by atoms with Crippen LogP contribution in [0.25, 0.3) is 17.2 Å². The summed E-state index contributed by atoms with van der Waals surface area (Å²) in [6.45, 7) is 8.06. The van der Waals surface area contributed by atoms with Gasteiger partial charge in [0.15, 0.2) is 9.85 Å². The van der Waals surface area contributed by atoms with E-state index in [1.807, 2.05) is 24.3 Å². The molecule has 0 saturated carbocycles. The fourth-order valence-corrected chi connectivity index (χ4v) is 1.48. The zero-order valence-corrected chi connectivity index (χ0v) is 20.3. The van der Waals surface area contributed by atoms with E-state index in [9.17, 15) is 4.11 Å². The summed E-state index contributed by atoms with van der Waals surface area (Å²) in [6, 6.07) is 7.38. The Hall–Kier alpha value is 0.247. The molecule has 134 valence electrons. The molecule has 0 amide bonds. The molecule has 6 heteroatoms. The number of hydrogen-bond donors (Lipinski definition) is 0. The van der Waals surface area contributed by atoms with Crippen LogP contribution in [-0.2, 0) is 25.8 Å². The van der Waals surface area contributed by atoms with E-state index < -0.39 is 9.85 Å². The fourth-order valence-electron chi connectivity index (χ4n) is 1.03. The Morgan fingerprint density at radius 3 is 1.17 bits per heavy atom. The molecular formula is C17H36FHfN3Si. The van der Waals surface area contributed by atoms with E-state index in [-0.39, 0.29) is 25.8 Å². The molecule has 0 spiro atoms. The zero-order valence-electron chi connectivity index (χ0n) is 15.3. The topological polar surface area (TPSA) is 71.4 Å². The van der Waals surface area contributed by atoms with Crippen molar-refractivity contribution in [1.82, 2.24) is 0 Å². The van der Waals surface area contributed by atoms with Crippen LogP contribution < -0.4 is 5.19 Å². The second-order valence-electron chi connectivity index (χ2n) is 4.74. The number of hydrogen-bond acceptors (Lipinski definition) is 0. The molecule has 0 saturated heterocycles. The molecule has 3 N–H and O–H groups in total. The Kier molecular flexibility index (Phi) is 45.6. The normalized spacial score (nSPS) is 8.83. The van der Waals surface area contributed by atoms with Crippen LogP contribution in [0.3, 0.4) is 0 Å². The average Bonchev–Trinajstić information content (AvgIpc) is 3.05. The van der Waals surface area contributed by atoms with Crippen LogP contribution in [0.5, 0.6) is 0 Å². The van der Waals surface area contributed by atoms with Crippen molar-refractivity contribution in [2.75, 3.05) is 19.6 Å². The van der Waals surface area contributed by atoms with E-state index in [1.54, 1.807) is 0 Å². The fraction of sp³-hybridized carbons (Fsp3) is 0.706. The third-order valence-electron chi connectivity index (χ3n) is 2.48. The third kappa shape index (κ3) is 39.2. The summed E-state index contributed by atoms with van der Waals surface area (Å²) < 4.78 is 11.7. The molecule has 1 aromatic rings. The summed E-state index contributed by atoms with van der Waals surface area (Å²) in [5.41, 5.74) is 19.8. The Morgan fingerprint density at radius 1 is 0.783 bits per heavy atom. The van der Waals surface area contributed by atoms with Crippen LogP contribution in [0.4, 0.5) is 4.11 Å². The molecule has 0 unspecified atom stereocenters. The molecule has 1 aromatic carbocycles. The van der Waals surface area contributed by atoms with Crippen molar-refractivity contribution < 1.29 is 30.0 Å². The van der Waals surface area contributed by atoms with Crippen molar-refractivity contribution in [3.63, 3.8) is 0 Å². The van der Waals surface area contributed by atoms with Crippen molar-refractivity contribution in [2.45, 2.75) is 59.3 Å². The summed E-state index contributed by atoms with van der Waals surface area (Å²) in [5.74, 6) is 0. The van der Waals surface area contributed by atoms with Gasteiger partial charge in [0.2, 0.25) is 0 Å². The van der Waals surface area contributed by atoms with Gasteiger partial charge in [-0.05, 0) is 0 Å². The maximum absolute atomic E-state index is 11.7. The first-order chi connectivity index (χ1) is 10.7. The first-order valence-electron chi connectivity index (χ1n) is 8.38. The minimum Gasteiger partial charge on any atom is -0.677 e. The Balaban J connectivity index is -0.000000105. The molecule has 0 aromatic heterocycles. The standard InChI is InChI=1S/C5H6FSi.3C4H10N.Hf/c6-7-5-3-1-2-4-5;3*1-2-3-4-5;/h1-4H,7H2;3*5H,2-4H2,1H3;/q4*-1;+4. The molecule has 1 rings (SSSR count). The van der Waals surface area contributed by atoms with Crippen LogP contribution in [-0.4, -0.2) is 29.5 Å². The second-order valence-corrected chi connectivity index (χ2v) is 5.82. The van der Waals surface area contributed by atoms with Gasteiger partial charge < -0.3 is 21.3 Å². The number of nitrogens with one attached hydrogen (secondary N) is 3. The first kappa shape index (κ1) is 31.1. The van der Waals surface area contributed by atoms with E-state index in [2.05, 4.69) is 20.8 Å². The van der Waals surface area contributed by atoms with Crippen molar-refractivity contribution in [3.8, 4) is 0 Å². The molecule has 23 heavy (non-hydrogen) atoms. The number of halogens is 1. The zero-order chi connectivity index (χ0) is 17.5. The van der Waals surface area contributed by atoms with Crippen LogP contribution in [0.15, 0.2) is 24.3 Å². The third-order valence-corrected chi connectivity index (χ3v) is 3.26. The van der Waals surface area contributed by atoms with Crippen molar-refractivity contribution >= 4 is 15.0 Å². The quantitative estimate of drug-likeness (QED) is 0.262. The monoisotopic (exact) mass is 509 g/mol. The maximum Gasteiger partial charge on any atom is 4.00 e. The van der Waals surface area contributed by atoms with Crippen LogP contribution in [0.2, 0.25) is 0 Å². The maximum atomic E-state index is 11.7. The van der Waals surface area contributed by atoms with Crippen molar-refractivity contribution in [3.05, 3.63) is 41.5 Å². The van der Waals surface area contributed by atoms with Gasteiger partial charge in [-0.25, -0.2) is 12.1 Å². The Morgan fingerprint density at radius 2 is 1.09 bits per heavy atom. The Labute approximate surface area is 165 Å². The van der Waals surface area contributed by atoms with Crippen LogP contribution in [0.1, 0.15) is 59.3 Å². The second kappa shape index (κ2) is 33.8. The average molecular weight is 508 g/mol. The summed E-state index contributed by atoms with van der Waals surface area (Å²) in [7, 11) is -1.37. The summed E-state index contributed by atoms with van der Waals surface area (Å²) >= 11 is 0. The molecule has 0 radical (unpaired) electrons. The van der Waals surface area contributed by atoms with Gasteiger partial charge in [-0.1, -0.05) is 59.3 Å². The van der Waals surface area contributed by atoms with E-state index in [1.165, 1.54) is 0 Å². The van der Waals surface area contributed by atoms with Gasteiger partial charge in [0.1, 0.15) is 0 Å². The molecular weight excluding hydrogens is 472 g/mol. The van der Waals surface area contributed by atoms with Gasteiger partial charge in [-0.2, -0.15) is 31.8 Å². The summed E-state index contributed by atoms with van der Waals surface area (Å²) in [6.07, 6.45) is 6.64. The van der Waals surface area contributed by atoms with Gasteiger partial charge in [-0.3, -0.25) is 0 Å². The predicted molar refractivity (Wildman–Crippen MR) is 104 cm³/mol. The van der Waals surface area contributed by atoms with Gasteiger partial charge in [0.25, 0.3) is 0 Å². The largest absolute Gasteiger partial charge is 4.00 e. The molecule has 0 aliphatic heterocycles. The van der Waals surface area contributed by atoms with Crippen molar-refractivity contribution in [1.29, 1.82) is 0 Å². The van der Waals surface area contributed by atoms with Gasteiger partial charge >= 0.3 is 25.8 Å². The van der Waals surface area contributed by atoms with Gasteiger partial charge in [0.05, 0.1) is 0 Å². The van der Waals surface area contributed by atoms with Crippen LogP contribution in [0, 0.1) is 0 Å². The molecule has 0 aliphatic rings. The molecule has 3 nitrogen and oxygen atoms in total. The minimum atomic E-state index is -1.37. The number of rotatable bonds is 7. The molecule has 0 heterocycles. The number of unbranched alkanes of at least 4 members (excludes halogenated alkanes) is 3. The van der Waals surface area contributed by atoms with E-state index in [0.717, 1.165) is 43.7 Å². The predicted octanol–water partition coefficient (Wildman–Crippen LogP) is 5.60. The summed E-state index contributed by atoms with van der Waals surface area (Å²) in [4.78, 5) is 0. The SMILES string of the molecule is CCCC[NH-].CCCC[NH-].CCCC[NH-].F[SiH2][c-]1cccc1.[Hf+4]. The Bertz CT molecular complexity index is 230. The van der Waals surface area contributed by atoms with E-state index in [0.29, 0.717) is 19.6 Å². The van der Waals surface area contributed by atoms with Crippen LogP contribution >= 0.6 is 0 Å². The minimum absolute atomic E-state index is 0. The molecule has 0 atom stereocenters. The van der Waals surface area contributed by atoms with E-state index in [4.69, 9.17) is 17.2 Å². The smallest absolute Gasteiger partial charge is 0.677 e. The molecule has 0 bridgehead atoms. The molecule has 0 fully saturated rings. The van der Waals surface area contributed by atoms with Gasteiger partial charge in [-0.15, -0.1) is 5.19 Å². The van der Waals surface area contributed by atoms with E-state index >= 15 is 0 Å². The first-order valence-corrected chi connectivity index (χ1v) is 9.62. The molecule has 0 aliphatic carbocycles. The van der Waals surface area contributed by atoms with Gasteiger partial charge in [0, 0.05) is 0 Å². The summed E-state index contributed by atoms with van der Waals surface area (Å²) in [5, 5.41) is 0.903. The van der Waals surface area contributed by atoms with Crippen molar-refractivity contribution in [2.24, 2.45) is 0 Å².